The number of nitrogens with one attached hydrogen (secondary N) is 1. The lowest BCUT2D eigenvalue weighted by molar-refractivity contribution is 0.0411. The Morgan fingerprint density at radius 1 is 1.26 bits per heavy atom. The molecule has 0 bridgehead atoms. The Morgan fingerprint density at radius 2 is 2.06 bits per heavy atom. The largest absolute Gasteiger partial charge is 0.497 e. The van der Waals surface area contributed by atoms with E-state index in [0.717, 1.165) is 59.8 Å². The number of aliphatic hydroxyl groups is 1. The zero-order valence-electron chi connectivity index (χ0n) is 20.6. The summed E-state index contributed by atoms with van der Waals surface area (Å²) in [6.07, 6.45) is 3.79. The van der Waals surface area contributed by atoms with Gasteiger partial charge in [-0.15, -0.1) is 0 Å². The first-order valence-electron chi connectivity index (χ1n) is 11.6. The lowest BCUT2D eigenvalue weighted by atomic mass is 9.95. The van der Waals surface area contributed by atoms with Crippen molar-refractivity contribution >= 4 is 17.3 Å². The Balaban J connectivity index is 1.60. The maximum Gasteiger partial charge on any atom is 0.299 e. The minimum Gasteiger partial charge on any atom is -0.497 e. The van der Waals surface area contributed by atoms with Crippen LogP contribution in [0.25, 0.3) is 16.9 Å². The van der Waals surface area contributed by atoms with Crippen LogP contribution in [0.15, 0.2) is 53.1 Å². The predicted molar refractivity (Wildman–Crippen MR) is 136 cm³/mol. The number of hydrogen-bond donors (Lipinski definition) is 2. The molecule has 0 radical (unpaired) electrons. The van der Waals surface area contributed by atoms with E-state index in [9.17, 15) is 10.4 Å². The minimum atomic E-state index is -0.728. The molecule has 0 amide bonds. The highest BCUT2D eigenvalue weighted by Crippen LogP contribution is 2.32. The summed E-state index contributed by atoms with van der Waals surface area (Å²) in [5.74, 6) is 1.26. The lowest BCUT2D eigenvalue weighted by Crippen LogP contribution is -2.42. The van der Waals surface area contributed by atoms with Gasteiger partial charge in [0.2, 0.25) is 0 Å². The van der Waals surface area contributed by atoms with Crippen LogP contribution in [0.3, 0.4) is 0 Å². The molecule has 1 aromatic heterocycles. The zero-order chi connectivity index (χ0) is 24.9. The van der Waals surface area contributed by atoms with Crippen molar-refractivity contribution in [3.05, 3.63) is 65.4 Å². The first-order valence-corrected chi connectivity index (χ1v) is 11.6. The molecule has 1 aliphatic rings. The number of nitriles is 1. The van der Waals surface area contributed by atoms with Gasteiger partial charge in [0, 0.05) is 37.0 Å². The fraction of sp³-hybridized carbons (Fsp3) is 0.333. The van der Waals surface area contributed by atoms with Gasteiger partial charge in [0.05, 0.1) is 24.9 Å². The summed E-state index contributed by atoms with van der Waals surface area (Å²) in [7, 11) is 5.66. The molecule has 0 aliphatic carbocycles. The highest BCUT2D eigenvalue weighted by atomic mass is 16.5. The van der Waals surface area contributed by atoms with E-state index < -0.39 is 6.23 Å². The Hall–Kier alpha value is -3.64. The first kappa shape index (κ1) is 24.5. The number of aromatic nitrogens is 1. The summed E-state index contributed by atoms with van der Waals surface area (Å²) in [5, 5.41) is 23.9. The van der Waals surface area contributed by atoms with E-state index in [4.69, 9.17) is 9.15 Å². The van der Waals surface area contributed by atoms with Crippen LogP contribution in [0.5, 0.6) is 5.75 Å². The summed E-state index contributed by atoms with van der Waals surface area (Å²) in [6, 6.07) is 13.8. The molecule has 35 heavy (non-hydrogen) atoms. The van der Waals surface area contributed by atoms with Crippen LogP contribution >= 0.6 is 0 Å². The van der Waals surface area contributed by atoms with Gasteiger partial charge in [0.15, 0.2) is 5.76 Å². The van der Waals surface area contributed by atoms with Crippen molar-refractivity contribution in [3.63, 3.8) is 0 Å². The lowest BCUT2D eigenvalue weighted by Gasteiger charge is -2.33. The number of anilines is 2. The van der Waals surface area contributed by atoms with Gasteiger partial charge in [0.25, 0.3) is 6.01 Å². The number of oxazole rings is 1. The van der Waals surface area contributed by atoms with Gasteiger partial charge >= 0.3 is 0 Å². The average molecular weight is 474 g/mol. The molecule has 3 aromatic rings. The smallest absolute Gasteiger partial charge is 0.299 e. The number of methoxy groups -OCH3 is 1. The molecule has 0 saturated carbocycles. The fourth-order valence-electron chi connectivity index (χ4n) is 4.08. The van der Waals surface area contributed by atoms with Crippen molar-refractivity contribution in [2.45, 2.75) is 19.6 Å². The van der Waals surface area contributed by atoms with Crippen LogP contribution in [0.1, 0.15) is 23.1 Å². The van der Waals surface area contributed by atoms with E-state index in [1.807, 2.05) is 51.4 Å². The van der Waals surface area contributed by atoms with E-state index in [2.05, 4.69) is 32.2 Å². The van der Waals surface area contributed by atoms with Gasteiger partial charge in [-0.05, 0) is 68.4 Å². The van der Waals surface area contributed by atoms with Crippen molar-refractivity contribution in [1.82, 2.24) is 14.8 Å². The van der Waals surface area contributed by atoms with Gasteiger partial charge in [-0.2, -0.15) is 5.26 Å². The minimum absolute atomic E-state index is 0.340. The molecule has 0 saturated heterocycles. The second-order valence-electron chi connectivity index (χ2n) is 8.91. The molecule has 4 rings (SSSR count). The Morgan fingerprint density at radius 3 is 2.80 bits per heavy atom. The first-order chi connectivity index (χ1) is 16.9. The molecular weight excluding hydrogens is 442 g/mol. The molecule has 1 atom stereocenters. The number of aliphatic hydroxyl groups excluding tert-OH is 1. The number of hydrogen-bond acceptors (Lipinski definition) is 8. The molecule has 8 nitrogen and oxygen atoms in total. The highest BCUT2D eigenvalue weighted by Gasteiger charge is 2.25. The van der Waals surface area contributed by atoms with Gasteiger partial charge in [-0.3, -0.25) is 4.90 Å². The van der Waals surface area contributed by atoms with Gasteiger partial charge in [0.1, 0.15) is 12.0 Å². The third kappa shape index (κ3) is 5.72. The number of likely N-dealkylation sites (N-methyl/N-ethyl adjacent to an activating group) is 1. The number of benzene rings is 2. The van der Waals surface area contributed by atoms with Crippen molar-refractivity contribution in [2.24, 2.45) is 0 Å². The normalized spacial score (nSPS) is 16.1. The molecule has 0 spiro atoms. The summed E-state index contributed by atoms with van der Waals surface area (Å²) < 4.78 is 11.3. The van der Waals surface area contributed by atoms with E-state index in [0.29, 0.717) is 17.3 Å². The van der Waals surface area contributed by atoms with Crippen LogP contribution in [0, 0.1) is 18.3 Å². The second-order valence-corrected chi connectivity index (χ2v) is 8.91. The van der Waals surface area contributed by atoms with Crippen LogP contribution < -0.4 is 10.1 Å². The van der Waals surface area contributed by atoms with Crippen LogP contribution in [-0.2, 0) is 0 Å². The SMILES string of the molecule is COc1ccc(C)c(Nc2ncc(-c3cc(C#N)cc(C4=CCCN(CCN(C)C)C4O)c3)o2)c1. The Bertz CT molecular complexity index is 1260. The molecule has 0 fully saturated rings. The van der Waals surface area contributed by atoms with E-state index in [1.54, 1.807) is 19.4 Å². The molecule has 8 heteroatoms. The summed E-state index contributed by atoms with van der Waals surface area (Å²) in [6.45, 7) is 4.40. The third-order valence-corrected chi connectivity index (χ3v) is 6.11. The fourth-order valence-corrected chi connectivity index (χ4v) is 4.08. The maximum atomic E-state index is 11.1. The topological polar surface area (TPSA) is 97.8 Å². The number of rotatable bonds is 8. The zero-order valence-corrected chi connectivity index (χ0v) is 20.6. The Labute approximate surface area is 206 Å². The molecule has 2 N–H and O–H groups in total. The molecular formula is C27H31N5O3. The standard InChI is InChI=1S/C27H31N5O3/c1-18-7-8-22(34-4)15-24(18)30-27-29-17-25(35-27)21-13-19(16-28)12-20(14-21)23-6-5-9-32(26(23)33)11-10-31(2)3/h6-8,12-15,17,26,33H,5,9-11H2,1-4H3,(H,29,30). The third-order valence-electron chi connectivity index (χ3n) is 6.11. The van der Waals surface area contributed by atoms with Crippen LogP contribution in [0.2, 0.25) is 0 Å². The monoisotopic (exact) mass is 473 g/mol. The van der Waals surface area contributed by atoms with Gasteiger partial charge in [-0.1, -0.05) is 12.1 Å². The van der Waals surface area contributed by atoms with Crippen LogP contribution in [0.4, 0.5) is 11.7 Å². The van der Waals surface area contributed by atoms with Gasteiger partial charge in [-0.25, -0.2) is 4.98 Å². The van der Waals surface area contributed by atoms with E-state index in [-0.39, 0.29) is 0 Å². The van der Waals surface area contributed by atoms with Crippen LogP contribution in [-0.4, -0.2) is 67.0 Å². The highest BCUT2D eigenvalue weighted by molar-refractivity contribution is 5.75. The van der Waals surface area contributed by atoms with E-state index in [1.165, 1.54) is 0 Å². The molecule has 1 aliphatic heterocycles. The van der Waals surface area contributed by atoms with E-state index >= 15 is 0 Å². The van der Waals surface area contributed by atoms with Crippen molar-refractivity contribution < 1.29 is 14.3 Å². The average Bonchev–Trinajstić information content (AvgIpc) is 3.33. The summed E-state index contributed by atoms with van der Waals surface area (Å²) >= 11 is 0. The van der Waals surface area contributed by atoms with Crippen molar-refractivity contribution in [2.75, 3.05) is 46.2 Å². The quantitative estimate of drug-likeness (QED) is 0.501. The van der Waals surface area contributed by atoms with Gasteiger partial charge < -0.3 is 24.5 Å². The van der Waals surface area contributed by atoms with Crippen molar-refractivity contribution in [3.8, 4) is 23.1 Å². The second kappa shape index (κ2) is 10.7. The summed E-state index contributed by atoms with van der Waals surface area (Å²) in [5.41, 5.74) is 4.67. The maximum absolute atomic E-state index is 11.1. The molecule has 2 heterocycles. The Kier molecular flexibility index (Phi) is 7.51. The number of nitrogens with zero attached hydrogens (tertiary/aromatic N) is 4. The molecule has 182 valence electrons. The number of aryl methyl sites for hydroxylation is 1. The number of ether oxygens (including phenoxy) is 1. The van der Waals surface area contributed by atoms with Crippen molar-refractivity contribution in [1.29, 1.82) is 5.26 Å². The molecule has 2 aromatic carbocycles. The molecule has 1 unspecified atom stereocenters. The predicted octanol–water partition coefficient (Wildman–Crippen LogP) is 4.24. The summed E-state index contributed by atoms with van der Waals surface area (Å²) in [4.78, 5) is 8.53.